The molecule has 1 N–H and O–H groups in total. The SMILES string of the molecule is CCC1CCC(C(NC)c2cc(Br)sc2Br)CC1. The summed E-state index contributed by atoms with van der Waals surface area (Å²) in [6.45, 7) is 2.33. The summed E-state index contributed by atoms with van der Waals surface area (Å²) in [5.74, 6) is 1.76. The van der Waals surface area contributed by atoms with Gasteiger partial charge in [-0.1, -0.05) is 26.2 Å². The predicted molar refractivity (Wildman–Crippen MR) is 87.3 cm³/mol. The predicted octanol–water partition coefficient (Wildman–Crippen LogP) is 5.75. The minimum absolute atomic E-state index is 0.500. The number of nitrogens with one attached hydrogen (secondary N) is 1. The van der Waals surface area contributed by atoms with E-state index in [0.29, 0.717) is 6.04 Å². The van der Waals surface area contributed by atoms with Crippen LogP contribution in [0.3, 0.4) is 0 Å². The Labute approximate surface area is 131 Å². The van der Waals surface area contributed by atoms with E-state index in [-0.39, 0.29) is 0 Å². The summed E-state index contributed by atoms with van der Waals surface area (Å²) in [5, 5.41) is 3.53. The molecule has 1 aliphatic rings. The van der Waals surface area contributed by atoms with Gasteiger partial charge in [0, 0.05) is 6.04 Å². The molecule has 2 rings (SSSR count). The maximum atomic E-state index is 3.70. The van der Waals surface area contributed by atoms with E-state index in [1.165, 1.54) is 45.2 Å². The molecule has 0 bridgehead atoms. The molecule has 0 radical (unpaired) electrons. The van der Waals surface area contributed by atoms with Gasteiger partial charge in [-0.25, -0.2) is 0 Å². The molecule has 1 heterocycles. The lowest BCUT2D eigenvalue weighted by Crippen LogP contribution is -2.28. The van der Waals surface area contributed by atoms with Crippen molar-refractivity contribution in [1.29, 1.82) is 0 Å². The first-order valence-electron chi connectivity index (χ1n) is 6.77. The van der Waals surface area contributed by atoms with Crippen molar-refractivity contribution in [1.82, 2.24) is 5.32 Å². The maximum Gasteiger partial charge on any atom is 0.0758 e. The van der Waals surface area contributed by atoms with Crippen LogP contribution >= 0.6 is 43.2 Å². The molecular formula is C14H21Br2NS. The number of halogens is 2. The van der Waals surface area contributed by atoms with Gasteiger partial charge in [-0.2, -0.15) is 0 Å². The van der Waals surface area contributed by atoms with E-state index < -0.39 is 0 Å². The molecule has 1 atom stereocenters. The van der Waals surface area contributed by atoms with Gasteiger partial charge in [0.25, 0.3) is 0 Å². The molecule has 0 aliphatic heterocycles. The van der Waals surface area contributed by atoms with Gasteiger partial charge in [-0.15, -0.1) is 11.3 Å². The van der Waals surface area contributed by atoms with Gasteiger partial charge in [0.05, 0.1) is 7.57 Å². The lowest BCUT2D eigenvalue weighted by atomic mass is 9.76. The summed E-state index contributed by atoms with van der Waals surface area (Å²) in [7, 11) is 2.09. The largest absolute Gasteiger partial charge is 0.313 e. The molecule has 1 nitrogen and oxygen atoms in total. The quantitative estimate of drug-likeness (QED) is 0.685. The Kier molecular flexibility index (Phi) is 5.73. The molecule has 1 aliphatic carbocycles. The van der Waals surface area contributed by atoms with Crippen LogP contribution in [-0.4, -0.2) is 7.05 Å². The van der Waals surface area contributed by atoms with Crippen molar-refractivity contribution in [3.8, 4) is 0 Å². The fraction of sp³-hybridized carbons (Fsp3) is 0.714. The van der Waals surface area contributed by atoms with E-state index in [1.807, 2.05) is 0 Å². The summed E-state index contributed by atoms with van der Waals surface area (Å²) in [4.78, 5) is 0. The summed E-state index contributed by atoms with van der Waals surface area (Å²) in [6.07, 6.45) is 6.89. The maximum absolute atomic E-state index is 3.70. The molecule has 4 heteroatoms. The van der Waals surface area contributed by atoms with E-state index in [0.717, 1.165) is 11.8 Å². The van der Waals surface area contributed by atoms with E-state index in [9.17, 15) is 0 Å². The normalized spacial score (nSPS) is 26.2. The van der Waals surface area contributed by atoms with Gasteiger partial charge in [0.1, 0.15) is 0 Å². The zero-order chi connectivity index (χ0) is 13.1. The average Bonchev–Trinajstić information content (AvgIpc) is 2.70. The highest BCUT2D eigenvalue weighted by Gasteiger charge is 2.28. The van der Waals surface area contributed by atoms with Crippen molar-refractivity contribution < 1.29 is 0 Å². The Morgan fingerprint density at radius 2 is 2.00 bits per heavy atom. The number of thiophene rings is 1. The minimum atomic E-state index is 0.500. The molecule has 0 aromatic carbocycles. The Bertz CT molecular complexity index is 383. The molecule has 1 fully saturated rings. The van der Waals surface area contributed by atoms with Gasteiger partial charge < -0.3 is 5.32 Å². The molecule has 18 heavy (non-hydrogen) atoms. The second-order valence-corrected chi connectivity index (χ2v) is 8.98. The molecule has 102 valence electrons. The molecular weight excluding hydrogens is 374 g/mol. The third-order valence-corrected chi connectivity index (χ3v) is 6.66. The second-order valence-electron chi connectivity index (χ2n) is 5.23. The first-order chi connectivity index (χ1) is 8.65. The van der Waals surface area contributed by atoms with Crippen molar-refractivity contribution in [3.05, 3.63) is 19.2 Å². The van der Waals surface area contributed by atoms with Crippen LogP contribution in [0.25, 0.3) is 0 Å². The fourth-order valence-corrected chi connectivity index (χ4v) is 6.07. The molecule has 1 aromatic heterocycles. The smallest absolute Gasteiger partial charge is 0.0758 e. The van der Waals surface area contributed by atoms with Crippen molar-refractivity contribution in [2.75, 3.05) is 7.05 Å². The molecule has 1 unspecified atom stereocenters. The first-order valence-corrected chi connectivity index (χ1v) is 9.18. The van der Waals surface area contributed by atoms with E-state index in [1.54, 1.807) is 11.3 Å². The topological polar surface area (TPSA) is 12.0 Å². The van der Waals surface area contributed by atoms with Crippen LogP contribution in [0.5, 0.6) is 0 Å². The highest BCUT2D eigenvalue weighted by molar-refractivity contribution is 9.12. The van der Waals surface area contributed by atoms with Crippen molar-refractivity contribution in [2.45, 2.75) is 45.1 Å². The van der Waals surface area contributed by atoms with Crippen LogP contribution in [0.2, 0.25) is 0 Å². The zero-order valence-corrected chi connectivity index (χ0v) is 15.0. The minimum Gasteiger partial charge on any atom is -0.313 e. The Hall–Kier alpha value is 0.620. The number of hydrogen-bond acceptors (Lipinski definition) is 2. The Balaban J connectivity index is 2.08. The van der Waals surface area contributed by atoms with Crippen LogP contribution in [0.15, 0.2) is 13.6 Å². The highest BCUT2D eigenvalue weighted by atomic mass is 79.9. The Morgan fingerprint density at radius 1 is 1.33 bits per heavy atom. The second kappa shape index (κ2) is 6.87. The third-order valence-electron chi connectivity index (χ3n) is 4.27. The number of rotatable bonds is 4. The van der Waals surface area contributed by atoms with E-state index in [4.69, 9.17) is 0 Å². The van der Waals surface area contributed by atoms with Crippen molar-refractivity contribution >= 4 is 43.2 Å². The lowest BCUT2D eigenvalue weighted by Gasteiger charge is -2.33. The molecule has 0 spiro atoms. The van der Waals surface area contributed by atoms with Gasteiger partial charge >= 0.3 is 0 Å². The summed E-state index contributed by atoms with van der Waals surface area (Å²) in [6, 6.07) is 2.77. The van der Waals surface area contributed by atoms with E-state index >= 15 is 0 Å². The number of hydrogen-bond donors (Lipinski definition) is 1. The van der Waals surface area contributed by atoms with Gasteiger partial charge in [-0.3, -0.25) is 0 Å². The van der Waals surface area contributed by atoms with Crippen LogP contribution in [-0.2, 0) is 0 Å². The first kappa shape index (κ1) is 15.0. The summed E-state index contributed by atoms with van der Waals surface area (Å²) < 4.78 is 2.48. The van der Waals surface area contributed by atoms with Crippen LogP contribution in [0, 0.1) is 11.8 Å². The van der Waals surface area contributed by atoms with Crippen molar-refractivity contribution in [2.24, 2.45) is 11.8 Å². The highest BCUT2D eigenvalue weighted by Crippen LogP contribution is 2.43. The van der Waals surface area contributed by atoms with E-state index in [2.05, 4.69) is 57.2 Å². The third kappa shape index (κ3) is 3.38. The van der Waals surface area contributed by atoms with Crippen LogP contribution < -0.4 is 5.32 Å². The van der Waals surface area contributed by atoms with Crippen LogP contribution in [0.4, 0.5) is 0 Å². The summed E-state index contributed by atoms with van der Waals surface area (Å²) >= 11 is 9.06. The molecule has 0 saturated heterocycles. The monoisotopic (exact) mass is 393 g/mol. The van der Waals surface area contributed by atoms with Gasteiger partial charge in [0.15, 0.2) is 0 Å². The van der Waals surface area contributed by atoms with Crippen molar-refractivity contribution in [3.63, 3.8) is 0 Å². The molecule has 1 saturated carbocycles. The fourth-order valence-electron chi connectivity index (χ4n) is 3.14. The Morgan fingerprint density at radius 3 is 2.44 bits per heavy atom. The van der Waals surface area contributed by atoms with Gasteiger partial charge in [0.2, 0.25) is 0 Å². The molecule has 0 amide bonds. The summed E-state index contributed by atoms with van der Waals surface area (Å²) in [5.41, 5.74) is 1.43. The molecule has 1 aromatic rings. The zero-order valence-electron chi connectivity index (χ0n) is 11.0. The lowest BCUT2D eigenvalue weighted by molar-refractivity contribution is 0.224. The van der Waals surface area contributed by atoms with Crippen LogP contribution in [0.1, 0.15) is 50.6 Å². The van der Waals surface area contributed by atoms with Gasteiger partial charge in [-0.05, 0) is 75.2 Å². The average molecular weight is 395 g/mol. The standard InChI is InChI=1S/C14H21Br2NS/c1-3-9-4-6-10(7-5-9)13(17-2)11-8-12(15)18-14(11)16/h8-10,13,17H,3-7H2,1-2H3.